The summed E-state index contributed by atoms with van der Waals surface area (Å²) >= 11 is 0. The lowest BCUT2D eigenvalue weighted by Gasteiger charge is -2.15. The number of nitrogens with zero attached hydrogens (tertiary/aromatic N) is 1. The topological polar surface area (TPSA) is 71.5 Å². The molecule has 0 aliphatic heterocycles. The molecule has 1 unspecified atom stereocenters. The quantitative estimate of drug-likeness (QED) is 0.722. The summed E-state index contributed by atoms with van der Waals surface area (Å²) in [6.07, 6.45) is 3.33. The average molecular weight is 252 g/mol. The molecule has 0 saturated carbocycles. The summed E-state index contributed by atoms with van der Waals surface area (Å²) < 4.78 is 4.70. The van der Waals surface area contributed by atoms with Crippen molar-refractivity contribution < 1.29 is 14.6 Å². The maximum Gasteiger partial charge on any atom is 0.341 e. The zero-order valence-electron chi connectivity index (χ0n) is 10.8. The van der Waals surface area contributed by atoms with E-state index in [4.69, 9.17) is 9.84 Å². The van der Waals surface area contributed by atoms with Gasteiger partial charge in [0.25, 0.3) is 0 Å². The van der Waals surface area contributed by atoms with Gasteiger partial charge in [-0.25, -0.2) is 9.78 Å². The van der Waals surface area contributed by atoms with Crippen molar-refractivity contribution in [3.05, 3.63) is 23.9 Å². The minimum Gasteiger partial charge on any atom is -0.465 e. The largest absolute Gasteiger partial charge is 0.465 e. The number of nitrogens with one attached hydrogen (secondary N) is 1. The minimum atomic E-state index is -0.402. The van der Waals surface area contributed by atoms with Gasteiger partial charge in [-0.2, -0.15) is 0 Å². The van der Waals surface area contributed by atoms with Crippen molar-refractivity contribution in [1.82, 2.24) is 4.98 Å². The van der Waals surface area contributed by atoms with Gasteiger partial charge in [0.15, 0.2) is 0 Å². The van der Waals surface area contributed by atoms with Crippen molar-refractivity contribution in [3.8, 4) is 0 Å². The zero-order valence-corrected chi connectivity index (χ0v) is 10.8. The van der Waals surface area contributed by atoms with Gasteiger partial charge in [-0.15, -0.1) is 0 Å². The number of aliphatic hydroxyl groups is 1. The summed E-state index contributed by atoms with van der Waals surface area (Å²) in [5.41, 5.74) is 0.429. The number of hydrogen-bond acceptors (Lipinski definition) is 5. The minimum absolute atomic E-state index is 0.173. The number of esters is 1. The van der Waals surface area contributed by atoms with E-state index in [9.17, 15) is 4.79 Å². The first-order chi connectivity index (χ1) is 8.72. The molecular formula is C13H20N2O3. The standard InChI is InChI=1S/C13H20N2O3/c1-3-10(6-8-16)9-15-12-11(13(17)18-2)5-4-7-14-12/h4-5,7,10,16H,3,6,8-9H2,1-2H3,(H,14,15). The van der Waals surface area contributed by atoms with Crippen LogP contribution >= 0.6 is 0 Å². The Balaban J connectivity index is 2.69. The van der Waals surface area contributed by atoms with E-state index in [1.165, 1.54) is 7.11 Å². The van der Waals surface area contributed by atoms with Crippen LogP contribution in [0.5, 0.6) is 0 Å². The van der Waals surface area contributed by atoms with Crippen molar-refractivity contribution in [2.24, 2.45) is 5.92 Å². The molecule has 1 aromatic rings. The Labute approximate surface area is 107 Å². The van der Waals surface area contributed by atoms with E-state index in [1.807, 2.05) is 0 Å². The molecule has 1 atom stereocenters. The Hall–Kier alpha value is -1.62. The van der Waals surface area contributed by atoms with Crippen LogP contribution in [0.1, 0.15) is 30.1 Å². The highest BCUT2D eigenvalue weighted by molar-refractivity contribution is 5.94. The summed E-state index contributed by atoms with van der Waals surface area (Å²) in [7, 11) is 1.35. The second-order valence-corrected chi connectivity index (χ2v) is 4.06. The number of aliphatic hydroxyl groups excluding tert-OH is 1. The molecule has 0 saturated heterocycles. The van der Waals surface area contributed by atoms with Gasteiger partial charge in [0.2, 0.25) is 0 Å². The van der Waals surface area contributed by atoms with Gasteiger partial charge in [-0.3, -0.25) is 0 Å². The lowest BCUT2D eigenvalue weighted by molar-refractivity contribution is 0.0601. The molecule has 0 amide bonds. The third kappa shape index (κ3) is 4.00. The van der Waals surface area contributed by atoms with E-state index in [2.05, 4.69) is 17.2 Å². The molecule has 18 heavy (non-hydrogen) atoms. The molecular weight excluding hydrogens is 232 g/mol. The number of anilines is 1. The van der Waals surface area contributed by atoms with Crippen molar-refractivity contribution in [2.75, 3.05) is 25.6 Å². The predicted octanol–water partition coefficient (Wildman–Crippen LogP) is 1.69. The molecule has 0 spiro atoms. The van der Waals surface area contributed by atoms with E-state index in [1.54, 1.807) is 18.3 Å². The molecule has 0 aromatic carbocycles. The lowest BCUT2D eigenvalue weighted by atomic mass is 10.0. The van der Waals surface area contributed by atoms with Crippen LogP contribution in [0.15, 0.2) is 18.3 Å². The van der Waals surface area contributed by atoms with Crippen LogP contribution in [0.2, 0.25) is 0 Å². The summed E-state index contributed by atoms with van der Waals surface area (Å²) in [5, 5.41) is 12.1. The lowest BCUT2D eigenvalue weighted by Crippen LogP contribution is -2.17. The number of aromatic nitrogens is 1. The average Bonchev–Trinajstić information content (AvgIpc) is 2.43. The third-order valence-electron chi connectivity index (χ3n) is 2.89. The fourth-order valence-electron chi connectivity index (χ4n) is 1.69. The molecule has 5 heteroatoms. The number of carbonyl (C=O) groups excluding carboxylic acids is 1. The Morgan fingerprint density at radius 3 is 3.00 bits per heavy atom. The van der Waals surface area contributed by atoms with Gasteiger partial charge in [0, 0.05) is 19.3 Å². The Morgan fingerprint density at radius 1 is 1.61 bits per heavy atom. The van der Waals surface area contributed by atoms with Gasteiger partial charge in [-0.05, 0) is 24.5 Å². The van der Waals surface area contributed by atoms with E-state index in [-0.39, 0.29) is 6.61 Å². The Bertz CT molecular complexity index is 382. The highest BCUT2D eigenvalue weighted by atomic mass is 16.5. The van der Waals surface area contributed by atoms with Gasteiger partial charge >= 0.3 is 5.97 Å². The molecule has 0 radical (unpaired) electrons. The molecule has 0 aliphatic carbocycles. The van der Waals surface area contributed by atoms with E-state index in [0.717, 1.165) is 12.8 Å². The van der Waals surface area contributed by atoms with Crippen LogP contribution in [0, 0.1) is 5.92 Å². The summed E-state index contributed by atoms with van der Waals surface area (Å²) in [6.45, 7) is 2.92. The number of ether oxygens (including phenoxy) is 1. The van der Waals surface area contributed by atoms with Crippen LogP contribution in [0.3, 0.4) is 0 Å². The zero-order chi connectivity index (χ0) is 13.4. The molecule has 0 aliphatic rings. The first-order valence-electron chi connectivity index (χ1n) is 6.11. The summed E-state index contributed by atoms with van der Waals surface area (Å²) in [5.74, 6) is 0.490. The predicted molar refractivity (Wildman–Crippen MR) is 69.6 cm³/mol. The maximum atomic E-state index is 11.5. The molecule has 0 fully saturated rings. The number of carbonyl (C=O) groups is 1. The number of methoxy groups -OCH3 is 1. The molecule has 5 nitrogen and oxygen atoms in total. The summed E-state index contributed by atoms with van der Waals surface area (Å²) in [4.78, 5) is 15.7. The second kappa shape index (κ2) is 7.66. The molecule has 1 heterocycles. The fraction of sp³-hybridized carbons (Fsp3) is 0.538. The van der Waals surface area contributed by atoms with Crippen molar-refractivity contribution in [1.29, 1.82) is 0 Å². The highest BCUT2D eigenvalue weighted by Gasteiger charge is 2.13. The Morgan fingerprint density at radius 2 is 2.39 bits per heavy atom. The van der Waals surface area contributed by atoms with Crippen molar-refractivity contribution in [3.63, 3.8) is 0 Å². The van der Waals surface area contributed by atoms with Crippen LogP contribution in [0.25, 0.3) is 0 Å². The van der Waals surface area contributed by atoms with E-state index >= 15 is 0 Å². The highest BCUT2D eigenvalue weighted by Crippen LogP contribution is 2.15. The molecule has 100 valence electrons. The molecule has 1 rings (SSSR count). The van der Waals surface area contributed by atoms with Gasteiger partial charge in [0.1, 0.15) is 11.4 Å². The maximum absolute atomic E-state index is 11.5. The Kier molecular flexibility index (Phi) is 6.14. The van der Waals surface area contributed by atoms with Gasteiger partial charge < -0.3 is 15.2 Å². The van der Waals surface area contributed by atoms with E-state index < -0.39 is 5.97 Å². The number of pyridine rings is 1. The van der Waals surface area contributed by atoms with Crippen molar-refractivity contribution >= 4 is 11.8 Å². The number of hydrogen-bond donors (Lipinski definition) is 2. The monoisotopic (exact) mass is 252 g/mol. The van der Waals surface area contributed by atoms with Crippen LogP contribution in [-0.4, -0.2) is 36.3 Å². The van der Waals surface area contributed by atoms with Crippen LogP contribution in [0.4, 0.5) is 5.82 Å². The SMILES string of the molecule is CCC(CCO)CNc1ncccc1C(=O)OC. The molecule has 0 bridgehead atoms. The van der Waals surface area contributed by atoms with Gasteiger partial charge in [0.05, 0.1) is 7.11 Å². The summed E-state index contributed by atoms with van der Waals surface area (Å²) in [6, 6.07) is 3.37. The van der Waals surface area contributed by atoms with Crippen LogP contribution in [-0.2, 0) is 4.74 Å². The first-order valence-corrected chi connectivity index (χ1v) is 6.11. The fourth-order valence-corrected chi connectivity index (χ4v) is 1.69. The number of rotatable bonds is 7. The molecule has 1 aromatic heterocycles. The second-order valence-electron chi connectivity index (χ2n) is 4.06. The van der Waals surface area contributed by atoms with E-state index in [0.29, 0.717) is 23.8 Å². The molecule has 2 N–H and O–H groups in total. The normalized spacial score (nSPS) is 11.9. The third-order valence-corrected chi connectivity index (χ3v) is 2.89. The smallest absolute Gasteiger partial charge is 0.341 e. The van der Waals surface area contributed by atoms with Crippen LogP contribution < -0.4 is 5.32 Å². The van der Waals surface area contributed by atoms with Gasteiger partial charge in [-0.1, -0.05) is 13.3 Å². The first kappa shape index (κ1) is 14.4. The van der Waals surface area contributed by atoms with Crippen molar-refractivity contribution in [2.45, 2.75) is 19.8 Å².